The first-order chi connectivity index (χ1) is 10.1. The van der Waals surface area contributed by atoms with Crippen molar-refractivity contribution in [1.29, 1.82) is 0 Å². The Morgan fingerprint density at radius 1 is 1.43 bits per heavy atom. The minimum atomic E-state index is -0.0661. The van der Waals surface area contributed by atoms with Crippen LogP contribution in [0.15, 0.2) is 24.5 Å². The van der Waals surface area contributed by atoms with Gasteiger partial charge in [-0.05, 0) is 42.2 Å². The first kappa shape index (κ1) is 15.8. The number of amides is 2. The van der Waals surface area contributed by atoms with Gasteiger partial charge in [0.15, 0.2) is 0 Å². The summed E-state index contributed by atoms with van der Waals surface area (Å²) in [4.78, 5) is 16.2. The molecule has 0 aromatic carbocycles. The third-order valence-corrected chi connectivity index (χ3v) is 4.51. The molecule has 0 radical (unpaired) electrons. The minimum Gasteiger partial charge on any atom is -0.335 e. The van der Waals surface area contributed by atoms with Crippen molar-refractivity contribution in [3.63, 3.8) is 0 Å². The predicted octanol–water partition coefficient (Wildman–Crippen LogP) is 3.34. The molecule has 21 heavy (non-hydrogen) atoms. The van der Waals surface area contributed by atoms with Crippen LogP contribution in [0.1, 0.15) is 45.6 Å². The van der Waals surface area contributed by atoms with Crippen LogP contribution in [0, 0.1) is 17.8 Å². The van der Waals surface area contributed by atoms with Gasteiger partial charge in [0.2, 0.25) is 0 Å². The highest BCUT2D eigenvalue weighted by molar-refractivity contribution is 5.74. The average molecular weight is 289 g/mol. The second kappa shape index (κ2) is 7.43. The molecule has 0 saturated heterocycles. The van der Waals surface area contributed by atoms with Crippen LogP contribution in [0.3, 0.4) is 0 Å². The first-order valence-electron chi connectivity index (χ1n) is 7.99. The van der Waals surface area contributed by atoms with Gasteiger partial charge in [-0.15, -0.1) is 0 Å². The maximum atomic E-state index is 12.1. The maximum Gasteiger partial charge on any atom is 0.315 e. The molecule has 0 spiro atoms. The van der Waals surface area contributed by atoms with Gasteiger partial charge in [-0.2, -0.15) is 0 Å². The third kappa shape index (κ3) is 4.73. The number of rotatable bonds is 4. The van der Waals surface area contributed by atoms with Crippen molar-refractivity contribution in [2.24, 2.45) is 17.8 Å². The van der Waals surface area contributed by atoms with Gasteiger partial charge in [-0.3, -0.25) is 4.98 Å². The molecule has 2 rings (SSSR count). The lowest BCUT2D eigenvalue weighted by Gasteiger charge is -2.37. The number of aromatic nitrogens is 1. The van der Waals surface area contributed by atoms with Crippen molar-refractivity contribution >= 4 is 6.03 Å². The molecule has 2 amide bonds. The Morgan fingerprint density at radius 2 is 2.24 bits per heavy atom. The molecule has 0 bridgehead atoms. The molecule has 0 unspecified atom stereocenters. The fourth-order valence-electron chi connectivity index (χ4n) is 3.27. The van der Waals surface area contributed by atoms with Gasteiger partial charge in [0.25, 0.3) is 0 Å². The highest BCUT2D eigenvalue weighted by atomic mass is 16.2. The number of hydrogen-bond acceptors (Lipinski definition) is 2. The van der Waals surface area contributed by atoms with Crippen molar-refractivity contribution < 1.29 is 4.79 Å². The summed E-state index contributed by atoms with van der Waals surface area (Å²) < 4.78 is 0. The van der Waals surface area contributed by atoms with Crippen LogP contribution in [0.2, 0.25) is 0 Å². The second-order valence-electron chi connectivity index (χ2n) is 6.62. The lowest BCUT2D eigenvalue weighted by atomic mass is 9.74. The van der Waals surface area contributed by atoms with Gasteiger partial charge in [-0.25, -0.2) is 4.79 Å². The van der Waals surface area contributed by atoms with Crippen LogP contribution in [0.5, 0.6) is 0 Å². The van der Waals surface area contributed by atoms with E-state index in [0.29, 0.717) is 30.3 Å². The van der Waals surface area contributed by atoms with E-state index >= 15 is 0 Å². The zero-order valence-corrected chi connectivity index (χ0v) is 13.3. The summed E-state index contributed by atoms with van der Waals surface area (Å²) in [6, 6.07) is 4.07. The fraction of sp³-hybridized carbons (Fsp3) is 0.647. The summed E-state index contributed by atoms with van der Waals surface area (Å²) in [5, 5.41) is 6.11. The number of nitrogens with one attached hydrogen (secondary N) is 2. The summed E-state index contributed by atoms with van der Waals surface area (Å²) in [5.74, 6) is 1.90. The molecule has 0 aliphatic heterocycles. The number of nitrogens with zero attached hydrogens (tertiary/aromatic N) is 1. The van der Waals surface area contributed by atoms with Crippen LogP contribution < -0.4 is 10.6 Å². The topological polar surface area (TPSA) is 54.0 Å². The second-order valence-corrected chi connectivity index (χ2v) is 6.62. The summed E-state index contributed by atoms with van der Waals surface area (Å²) in [5.41, 5.74) is 1.02. The standard InChI is InChI=1S/C17H27N3O/c1-12(2)15-7-6-13(3)9-16(15)20-17(21)19-11-14-5-4-8-18-10-14/h4-5,8,10,12-13,15-16H,6-7,9,11H2,1-3H3,(H2,19,20,21)/t13-,15-,16+/m1/s1. The van der Waals surface area contributed by atoms with Gasteiger partial charge in [-0.1, -0.05) is 33.3 Å². The Bertz CT molecular complexity index is 447. The summed E-state index contributed by atoms with van der Waals surface area (Å²) in [6.45, 7) is 7.30. The largest absolute Gasteiger partial charge is 0.335 e. The highest BCUT2D eigenvalue weighted by Crippen LogP contribution is 2.33. The van der Waals surface area contributed by atoms with Crippen molar-refractivity contribution in [3.05, 3.63) is 30.1 Å². The zero-order valence-electron chi connectivity index (χ0n) is 13.3. The molecule has 116 valence electrons. The molecule has 1 aliphatic carbocycles. The molecule has 1 heterocycles. The van der Waals surface area contributed by atoms with Crippen LogP contribution >= 0.6 is 0 Å². The SMILES string of the molecule is CC(C)[C@H]1CC[C@@H](C)C[C@@H]1NC(=O)NCc1cccnc1. The molecule has 4 heteroatoms. The van der Waals surface area contributed by atoms with E-state index < -0.39 is 0 Å². The molecule has 1 saturated carbocycles. The van der Waals surface area contributed by atoms with E-state index in [1.807, 2.05) is 12.1 Å². The van der Waals surface area contributed by atoms with Gasteiger partial charge in [0, 0.05) is 25.0 Å². The van der Waals surface area contributed by atoms with Crippen molar-refractivity contribution in [1.82, 2.24) is 15.6 Å². The monoisotopic (exact) mass is 289 g/mol. The van der Waals surface area contributed by atoms with Crippen LogP contribution in [-0.4, -0.2) is 17.1 Å². The van der Waals surface area contributed by atoms with E-state index in [2.05, 4.69) is 36.4 Å². The van der Waals surface area contributed by atoms with Crippen molar-refractivity contribution in [2.75, 3.05) is 0 Å². The number of urea groups is 1. The molecule has 4 nitrogen and oxygen atoms in total. The number of carbonyl (C=O) groups excluding carboxylic acids is 1. The smallest absolute Gasteiger partial charge is 0.315 e. The molecule has 1 aromatic rings. The molecular formula is C17H27N3O. The van der Waals surface area contributed by atoms with Crippen molar-refractivity contribution in [3.8, 4) is 0 Å². The number of pyridine rings is 1. The van der Waals surface area contributed by atoms with E-state index in [1.54, 1.807) is 12.4 Å². The first-order valence-corrected chi connectivity index (χ1v) is 7.99. The number of hydrogen-bond donors (Lipinski definition) is 2. The van der Waals surface area contributed by atoms with Crippen molar-refractivity contribution in [2.45, 2.75) is 52.6 Å². The Hall–Kier alpha value is -1.58. The number of carbonyl (C=O) groups is 1. The van der Waals surface area contributed by atoms with E-state index in [0.717, 1.165) is 12.0 Å². The van der Waals surface area contributed by atoms with Gasteiger partial charge >= 0.3 is 6.03 Å². The lowest BCUT2D eigenvalue weighted by Crippen LogP contribution is -2.49. The maximum absolute atomic E-state index is 12.1. The molecule has 1 aliphatic rings. The molecule has 3 atom stereocenters. The lowest BCUT2D eigenvalue weighted by molar-refractivity contribution is 0.168. The van der Waals surface area contributed by atoms with Gasteiger partial charge in [0.05, 0.1) is 0 Å². The van der Waals surface area contributed by atoms with Crippen LogP contribution in [-0.2, 0) is 6.54 Å². The molecular weight excluding hydrogens is 262 g/mol. The molecule has 1 aromatic heterocycles. The third-order valence-electron chi connectivity index (χ3n) is 4.51. The Kier molecular flexibility index (Phi) is 5.59. The van der Waals surface area contributed by atoms with E-state index in [-0.39, 0.29) is 6.03 Å². The Morgan fingerprint density at radius 3 is 2.90 bits per heavy atom. The normalized spacial score (nSPS) is 25.6. The summed E-state index contributed by atoms with van der Waals surface area (Å²) in [7, 11) is 0. The summed E-state index contributed by atoms with van der Waals surface area (Å²) in [6.07, 6.45) is 7.09. The molecule has 1 fully saturated rings. The van der Waals surface area contributed by atoms with E-state index in [4.69, 9.17) is 0 Å². The molecule has 2 N–H and O–H groups in total. The summed E-state index contributed by atoms with van der Waals surface area (Å²) >= 11 is 0. The average Bonchev–Trinajstić information content (AvgIpc) is 2.46. The van der Waals surface area contributed by atoms with Crippen LogP contribution in [0.25, 0.3) is 0 Å². The highest BCUT2D eigenvalue weighted by Gasteiger charge is 2.31. The predicted molar refractivity (Wildman–Crippen MR) is 84.7 cm³/mol. The van der Waals surface area contributed by atoms with E-state index in [1.165, 1.54) is 12.8 Å². The Balaban J connectivity index is 1.85. The van der Waals surface area contributed by atoms with Gasteiger partial charge in [0.1, 0.15) is 0 Å². The zero-order chi connectivity index (χ0) is 15.2. The quantitative estimate of drug-likeness (QED) is 0.893. The minimum absolute atomic E-state index is 0.0661. The van der Waals surface area contributed by atoms with Crippen LogP contribution in [0.4, 0.5) is 4.79 Å². The Labute approximate surface area is 127 Å². The van der Waals surface area contributed by atoms with E-state index in [9.17, 15) is 4.79 Å². The van der Waals surface area contributed by atoms with Gasteiger partial charge < -0.3 is 10.6 Å². The fourth-order valence-corrected chi connectivity index (χ4v) is 3.27.